The van der Waals surface area contributed by atoms with Crippen molar-refractivity contribution in [1.29, 1.82) is 0 Å². The summed E-state index contributed by atoms with van der Waals surface area (Å²) in [6.45, 7) is 0. The van der Waals surface area contributed by atoms with E-state index in [9.17, 15) is 5.11 Å². The van der Waals surface area contributed by atoms with Gasteiger partial charge in [0.2, 0.25) is 0 Å². The first-order valence-corrected chi connectivity index (χ1v) is 6.36. The number of nitrogens with zero attached hydrogens (tertiary/aromatic N) is 1. The molecule has 1 aliphatic carbocycles. The Balaban J connectivity index is 2.23. The van der Waals surface area contributed by atoms with E-state index in [1.54, 1.807) is 6.20 Å². The first-order chi connectivity index (χ1) is 8.27. The summed E-state index contributed by atoms with van der Waals surface area (Å²) >= 11 is 6.31. The molecule has 0 spiro atoms. The zero-order chi connectivity index (χ0) is 11.8. The van der Waals surface area contributed by atoms with Gasteiger partial charge in [-0.15, -0.1) is 0 Å². The molecule has 1 heterocycles. The number of hydrogen-bond acceptors (Lipinski definition) is 2. The van der Waals surface area contributed by atoms with E-state index in [1.807, 2.05) is 24.3 Å². The molecule has 0 bridgehead atoms. The van der Waals surface area contributed by atoms with E-state index in [4.69, 9.17) is 11.6 Å². The molecule has 0 unspecified atom stereocenters. The Morgan fingerprint density at radius 3 is 2.88 bits per heavy atom. The van der Waals surface area contributed by atoms with Crippen LogP contribution in [0.2, 0.25) is 5.02 Å². The molecular weight excluding hydrogens is 234 g/mol. The molecule has 2 nitrogen and oxygen atoms in total. The summed E-state index contributed by atoms with van der Waals surface area (Å²) in [5, 5.41) is 11.9. The minimum absolute atomic E-state index is 0.162. The van der Waals surface area contributed by atoms with Crippen LogP contribution in [0.4, 0.5) is 0 Å². The molecule has 2 atom stereocenters. The molecule has 3 rings (SSSR count). The number of aliphatic hydroxyl groups is 1. The molecule has 3 heteroatoms. The highest BCUT2D eigenvalue weighted by molar-refractivity contribution is 6.32. The van der Waals surface area contributed by atoms with E-state index in [2.05, 4.69) is 4.98 Å². The zero-order valence-electron chi connectivity index (χ0n) is 9.44. The summed E-state index contributed by atoms with van der Waals surface area (Å²) in [7, 11) is 0. The summed E-state index contributed by atoms with van der Waals surface area (Å²) in [6.07, 6.45) is 4.47. The normalized spacial score (nSPS) is 24.4. The molecule has 0 amide bonds. The predicted molar refractivity (Wildman–Crippen MR) is 69.4 cm³/mol. The van der Waals surface area contributed by atoms with Crippen molar-refractivity contribution in [2.24, 2.45) is 0 Å². The molecule has 1 aromatic heterocycles. The Bertz CT molecular complexity index is 555. The van der Waals surface area contributed by atoms with E-state index >= 15 is 0 Å². The number of rotatable bonds is 1. The fourth-order valence-corrected chi connectivity index (χ4v) is 3.11. The van der Waals surface area contributed by atoms with E-state index < -0.39 is 0 Å². The molecule has 17 heavy (non-hydrogen) atoms. The van der Waals surface area contributed by atoms with Crippen LogP contribution in [-0.4, -0.2) is 16.2 Å². The second kappa shape index (κ2) is 4.28. The Morgan fingerprint density at radius 1 is 1.24 bits per heavy atom. The number of aliphatic hydroxyl groups excluding tert-OH is 1. The van der Waals surface area contributed by atoms with E-state index in [0.717, 1.165) is 40.8 Å². The molecule has 88 valence electrons. The van der Waals surface area contributed by atoms with Crippen LogP contribution >= 0.6 is 11.6 Å². The fourth-order valence-electron chi connectivity index (χ4n) is 2.80. The third-order valence-corrected chi connectivity index (χ3v) is 3.95. The molecule has 0 saturated heterocycles. The van der Waals surface area contributed by atoms with Gasteiger partial charge in [-0.1, -0.05) is 24.1 Å². The number of pyridine rings is 1. The van der Waals surface area contributed by atoms with Gasteiger partial charge in [0.05, 0.1) is 11.6 Å². The highest BCUT2D eigenvalue weighted by atomic mass is 35.5. The van der Waals surface area contributed by atoms with Crippen molar-refractivity contribution < 1.29 is 5.11 Å². The van der Waals surface area contributed by atoms with Crippen LogP contribution in [0.25, 0.3) is 10.9 Å². The minimum atomic E-state index is -0.265. The standard InChI is InChI=1S/C14H14ClNO/c15-11-6-7-12-9(4-2-8-16-12)14(11)10-3-1-5-13(10)17/h2,4,6-8,10,13,17H,1,3,5H2/t10-,13-/m0/s1. The Hall–Kier alpha value is -1.12. The molecule has 1 aromatic carbocycles. The summed E-state index contributed by atoms with van der Waals surface area (Å²) < 4.78 is 0. The maximum atomic E-state index is 10.0. The van der Waals surface area contributed by atoms with E-state index in [0.29, 0.717) is 0 Å². The van der Waals surface area contributed by atoms with Gasteiger partial charge in [0.15, 0.2) is 0 Å². The van der Waals surface area contributed by atoms with Crippen LogP contribution in [0.3, 0.4) is 0 Å². The van der Waals surface area contributed by atoms with Gasteiger partial charge in [0.1, 0.15) is 0 Å². The zero-order valence-corrected chi connectivity index (χ0v) is 10.2. The average molecular weight is 248 g/mol. The molecule has 1 fully saturated rings. The van der Waals surface area contributed by atoms with Gasteiger partial charge in [-0.25, -0.2) is 0 Å². The maximum Gasteiger partial charge on any atom is 0.0705 e. The summed E-state index contributed by atoms with van der Waals surface area (Å²) in [4.78, 5) is 4.34. The first kappa shape index (κ1) is 11.0. The van der Waals surface area contributed by atoms with Crippen LogP contribution in [0.15, 0.2) is 30.5 Å². The number of fused-ring (bicyclic) bond motifs is 1. The van der Waals surface area contributed by atoms with Crippen molar-refractivity contribution in [3.8, 4) is 0 Å². The molecule has 1 saturated carbocycles. The van der Waals surface area contributed by atoms with Crippen molar-refractivity contribution in [2.75, 3.05) is 0 Å². The van der Waals surface area contributed by atoms with E-state index in [-0.39, 0.29) is 12.0 Å². The monoisotopic (exact) mass is 247 g/mol. The summed E-state index contributed by atoms with van der Waals surface area (Å²) in [5.74, 6) is 0.162. The van der Waals surface area contributed by atoms with Gasteiger partial charge in [-0.05, 0) is 36.6 Å². The van der Waals surface area contributed by atoms with Gasteiger partial charge < -0.3 is 5.11 Å². The topological polar surface area (TPSA) is 33.1 Å². The van der Waals surface area contributed by atoms with Gasteiger partial charge >= 0.3 is 0 Å². The van der Waals surface area contributed by atoms with Gasteiger partial charge in [-0.3, -0.25) is 4.98 Å². The van der Waals surface area contributed by atoms with Crippen LogP contribution in [-0.2, 0) is 0 Å². The average Bonchev–Trinajstić information content (AvgIpc) is 2.75. The predicted octanol–water partition coefficient (Wildman–Crippen LogP) is 3.52. The van der Waals surface area contributed by atoms with Crippen molar-refractivity contribution >= 4 is 22.5 Å². The Morgan fingerprint density at radius 2 is 2.12 bits per heavy atom. The molecule has 1 aliphatic rings. The SMILES string of the molecule is O[C@H]1CCC[C@@H]1c1c(Cl)ccc2ncccc12. The molecule has 0 aliphatic heterocycles. The fraction of sp³-hybridized carbons (Fsp3) is 0.357. The summed E-state index contributed by atoms with van der Waals surface area (Å²) in [6, 6.07) is 7.78. The quantitative estimate of drug-likeness (QED) is 0.837. The number of hydrogen-bond donors (Lipinski definition) is 1. The lowest BCUT2D eigenvalue weighted by molar-refractivity contribution is 0.164. The van der Waals surface area contributed by atoms with Gasteiger partial charge in [-0.2, -0.15) is 0 Å². The molecular formula is C14H14ClNO. The van der Waals surface area contributed by atoms with Crippen LogP contribution in [0, 0.1) is 0 Å². The lowest BCUT2D eigenvalue weighted by atomic mass is 9.92. The van der Waals surface area contributed by atoms with Crippen molar-refractivity contribution in [2.45, 2.75) is 31.3 Å². The lowest BCUT2D eigenvalue weighted by Gasteiger charge is -2.18. The molecule has 0 radical (unpaired) electrons. The number of aromatic nitrogens is 1. The van der Waals surface area contributed by atoms with Crippen LogP contribution < -0.4 is 0 Å². The summed E-state index contributed by atoms with van der Waals surface area (Å²) in [5.41, 5.74) is 2.02. The van der Waals surface area contributed by atoms with Crippen LogP contribution in [0.1, 0.15) is 30.7 Å². The van der Waals surface area contributed by atoms with Crippen molar-refractivity contribution in [3.05, 3.63) is 41.0 Å². The van der Waals surface area contributed by atoms with Crippen LogP contribution in [0.5, 0.6) is 0 Å². The smallest absolute Gasteiger partial charge is 0.0705 e. The molecule has 2 aromatic rings. The second-order valence-corrected chi connectivity index (χ2v) is 5.04. The van der Waals surface area contributed by atoms with Crippen molar-refractivity contribution in [3.63, 3.8) is 0 Å². The largest absolute Gasteiger partial charge is 0.392 e. The highest BCUT2D eigenvalue weighted by Gasteiger charge is 2.29. The Labute approximate surface area is 105 Å². The lowest BCUT2D eigenvalue weighted by Crippen LogP contribution is -2.12. The minimum Gasteiger partial charge on any atom is -0.392 e. The van der Waals surface area contributed by atoms with Crippen molar-refractivity contribution in [1.82, 2.24) is 4.98 Å². The maximum absolute atomic E-state index is 10.0. The molecule has 1 N–H and O–H groups in total. The third-order valence-electron chi connectivity index (χ3n) is 3.62. The number of halogens is 1. The highest BCUT2D eigenvalue weighted by Crippen LogP contribution is 2.41. The third kappa shape index (κ3) is 1.81. The van der Waals surface area contributed by atoms with E-state index in [1.165, 1.54) is 0 Å². The second-order valence-electron chi connectivity index (χ2n) is 4.64. The van der Waals surface area contributed by atoms with Gasteiger partial charge in [0, 0.05) is 22.5 Å². The Kier molecular flexibility index (Phi) is 2.77. The number of benzene rings is 1. The first-order valence-electron chi connectivity index (χ1n) is 5.98. The van der Waals surface area contributed by atoms with Gasteiger partial charge in [0.25, 0.3) is 0 Å².